The van der Waals surface area contributed by atoms with Crippen molar-refractivity contribution < 1.29 is 19.1 Å². The first-order chi connectivity index (χ1) is 13.1. The highest BCUT2D eigenvalue weighted by Gasteiger charge is 2.19. The fourth-order valence-electron chi connectivity index (χ4n) is 2.87. The van der Waals surface area contributed by atoms with Crippen LogP contribution in [0.5, 0.6) is 5.75 Å². The van der Waals surface area contributed by atoms with Crippen molar-refractivity contribution in [3.63, 3.8) is 0 Å². The first-order valence-electron chi connectivity index (χ1n) is 8.71. The van der Waals surface area contributed by atoms with Gasteiger partial charge in [-0.3, -0.25) is 9.59 Å². The molecular formula is C20H21ClN2O4. The second-order valence-corrected chi connectivity index (χ2v) is 6.66. The number of nitrogens with one attached hydrogen (secondary N) is 2. The van der Waals surface area contributed by atoms with Gasteiger partial charge in [0.25, 0.3) is 11.8 Å². The van der Waals surface area contributed by atoms with Gasteiger partial charge in [-0.1, -0.05) is 11.6 Å². The van der Waals surface area contributed by atoms with Gasteiger partial charge in [0.15, 0.2) is 0 Å². The Balaban J connectivity index is 1.72. The van der Waals surface area contributed by atoms with Gasteiger partial charge in [-0.25, -0.2) is 0 Å². The molecule has 3 rings (SSSR count). The van der Waals surface area contributed by atoms with E-state index < -0.39 is 0 Å². The van der Waals surface area contributed by atoms with Gasteiger partial charge in [-0.2, -0.15) is 0 Å². The summed E-state index contributed by atoms with van der Waals surface area (Å²) in [6.45, 7) is 1.19. The molecule has 7 heteroatoms. The smallest absolute Gasteiger partial charge is 0.259 e. The molecule has 2 aromatic carbocycles. The van der Waals surface area contributed by atoms with Crippen molar-refractivity contribution in [3.05, 3.63) is 58.6 Å². The topological polar surface area (TPSA) is 76.7 Å². The number of hydrogen-bond acceptors (Lipinski definition) is 4. The maximum absolute atomic E-state index is 12.6. The Hall–Kier alpha value is -2.57. The largest absolute Gasteiger partial charge is 0.496 e. The molecule has 0 radical (unpaired) electrons. The summed E-state index contributed by atoms with van der Waals surface area (Å²) >= 11 is 5.86. The Morgan fingerprint density at radius 3 is 2.63 bits per heavy atom. The molecule has 1 atom stereocenters. The number of carbonyl (C=O) groups excluding carboxylic acids is 2. The van der Waals surface area contributed by atoms with Crippen LogP contribution in [0.15, 0.2) is 42.5 Å². The molecule has 0 spiro atoms. The molecule has 1 aliphatic rings. The van der Waals surface area contributed by atoms with Crippen molar-refractivity contribution in [1.29, 1.82) is 0 Å². The van der Waals surface area contributed by atoms with Gasteiger partial charge in [-0.05, 0) is 55.3 Å². The summed E-state index contributed by atoms with van der Waals surface area (Å²) in [6.07, 6.45) is 2.01. The van der Waals surface area contributed by atoms with Crippen LogP contribution in [-0.2, 0) is 4.74 Å². The van der Waals surface area contributed by atoms with Gasteiger partial charge < -0.3 is 20.1 Å². The average Bonchev–Trinajstić information content (AvgIpc) is 3.21. The lowest BCUT2D eigenvalue weighted by Gasteiger charge is -2.13. The van der Waals surface area contributed by atoms with Gasteiger partial charge in [0.1, 0.15) is 5.75 Å². The molecule has 1 heterocycles. The molecule has 0 saturated carbocycles. The maximum atomic E-state index is 12.6. The monoisotopic (exact) mass is 388 g/mol. The van der Waals surface area contributed by atoms with E-state index in [0.29, 0.717) is 28.6 Å². The summed E-state index contributed by atoms with van der Waals surface area (Å²) in [4.78, 5) is 25.1. The standard InChI is InChI=1S/C20H21ClN2O4/c1-26-18-9-4-13(19(24)22-12-16-3-2-10-27-16)11-17(18)20(25)23-15-7-5-14(21)6-8-15/h4-9,11,16H,2-3,10,12H2,1H3,(H,22,24)(H,23,25). The number of amides is 2. The molecule has 2 N–H and O–H groups in total. The van der Waals surface area contributed by atoms with Crippen molar-refractivity contribution in [1.82, 2.24) is 5.32 Å². The molecule has 1 saturated heterocycles. The van der Waals surface area contributed by atoms with Crippen LogP contribution in [0.3, 0.4) is 0 Å². The zero-order chi connectivity index (χ0) is 19.2. The Morgan fingerprint density at radius 1 is 1.19 bits per heavy atom. The molecule has 0 aliphatic carbocycles. The predicted octanol–water partition coefficient (Wildman–Crippen LogP) is 3.51. The summed E-state index contributed by atoms with van der Waals surface area (Å²) in [6, 6.07) is 11.5. The van der Waals surface area contributed by atoms with E-state index in [1.165, 1.54) is 13.2 Å². The third-order valence-corrected chi connectivity index (χ3v) is 4.57. The fraction of sp³-hybridized carbons (Fsp3) is 0.300. The Kier molecular flexibility index (Phi) is 6.32. The summed E-state index contributed by atoms with van der Waals surface area (Å²) in [5, 5.41) is 6.20. The lowest BCUT2D eigenvalue weighted by molar-refractivity contribution is 0.0857. The quantitative estimate of drug-likeness (QED) is 0.793. The van der Waals surface area contributed by atoms with E-state index >= 15 is 0 Å². The second kappa shape index (κ2) is 8.88. The number of anilines is 1. The van der Waals surface area contributed by atoms with Gasteiger partial charge in [-0.15, -0.1) is 0 Å². The van der Waals surface area contributed by atoms with E-state index in [-0.39, 0.29) is 23.5 Å². The minimum atomic E-state index is -0.372. The van der Waals surface area contributed by atoms with Crippen LogP contribution in [0.1, 0.15) is 33.6 Å². The first kappa shape index (κ1) is 19.2. The summed E-state index contributed by atoms with van der Waals surface area (Å²) < 4.78 is 10.8. The molecule has 0 bridgehead atoms. The van der Waals surface area contributed by atoms with E-state index in [4.69, 9.17) is 21.1 Å². The highest BCUT2D eigenvalue weighted by molar-refractivity contribution is 6.30. The molecule has 0 aromatic heterocycles. The van der Waals surface area contributed by atoms with E-state index in [1.807, 2.05) is 0 Å². The zero-order valence-electron chi connectivity index (χ0n) is 15.0. The van der Waals surface area contributed by atoms with Crippen LogP contribution in [0.2, 0.25) is 5.02 Å². The number of halogens is 1. The molecule has 142 valence electrons. The number of methoxy groups -OCH3 is 1. The number of ether oxygens (including phenoxy) is 2. The molecule has 1 unspecified atom stereocenters. The van der Waals surface area contributed by atoms with Gasteiger partial charge in [0.2, 0.25) is 0 Å². The lowest BCUT2D eigenvalue weighted by atomic mass is 10.1. The first-order valence-corrected chi connectivity index (χ1v) is 9.09. The number of rotatable bonds is 6. The van der Waals surface area contributed by atoms with Crippen molar-refractivity contribution >= 4 is 29.1 Å². The molecular weight excluding hydrogens is 368 g/mol. The summed E-state index contributed by atoms with van der Waals surface area (Å²) in [5.41, 5.74) is 1.26. The maximum Gasteiger partial charge on any atom is 0.259 e. The van der Waals surface area contributed by atoms with Gasteiger partial charge >= 0.3 is 0 Å². The number of benzene rings is 2. The SMILES string of the molecule is COc1ccc(C(=O)NCC2CCCO2)cc1C(=O)Nc1ccc(Cl)cc1. The van der Waals surface area contributed by atoms with E-state index in [1.54, 1.807) is 36.4 Å². The third kappa shape index (κ3) is 4.99. The van der Waals surface area contributed by atoms with Crippen molar-refractivity contribution in [2.24, 2.45) is 0 Å². The lowest BCUT2D eigenvalue weighted by Crippen LogP contribution is -2.31. The average molecular weight is 389 g/mol. The predicted molar refractivity (Wildman–Crippen MR) is 104 cm³/mol. The van der Waals surface area contributed by atoms with Gasteiger partial charge in [0, 0.05) is 29.4 Å². The van der Waals surface area contributed by atoms with Crippen LogP contribution >= 0.6 is 11.6 Å². The van der Waals surface area contributed by atoms with E-state index in [9.17, 15) is 9.59 Å². The van der Waals surface area contributed by atoms with Crippen molar-refractivity contribution in [2.75, 3.05) is 25.6 Å². The molecule has 1 aliphatic heterocycles. The number of carbonyl (C=O) groups is 2. The number of hydrogen-bond donors (Lipinski definition) is 2. The van der Waals surface area contributed by atoms with E-state index in [2.05, 4.69) is 10.6 Å². The Morgan fingerprint density at radius 2 is 1.96 bits per heavy atom. The summed E-state index contributed by atoms with van der Waals surface area (Å²) in [7, 11) is 1.48. The third-order valence-electron chi connectivity index (χ3n) is 4.32. The normalized spacial score (nSPS) is 16.0. The minimum absolute atomic E-state index is 0.0554. The van der Waals surface area contributed by atoms with Gasteiger partial charge in [0.05, 0.1) is 18.8 Å². The van der Waals surface area contributed by atoms with Crippen molar-refractivity contribution in [3.8, 4) is 5.75 Å². The second-order valence-electron chi connectivity index (χ2n) is 6.22. The molecule has 1 fully saturated rings. The highest BCUT2D eigenvalue weighted by Crippen LogP contribution is 2.22. The molecule has 2 amide bonds. The molecule has 6 nitrogen and oxygen atoms in total. The fourth-order valence-corrected chi connectivity index (χ4v) is 3.00. The van der Waals surface area contributed by atoms with Crippen LogP contribution in [0, 0.1) is 0 Å². The molecule has 2 aromatic rings. The van der Waals surface area contributed by atoms with E-state index in [0.717, 1.165) is 19.4 Å². The van der Waals surface area contributed by atoms with Crippen LogP contribution in [-0.4, -0.2) is 38.2 Å². The highest BCUT2D eigenvalue weighted by atomic mass is 35.5. The van der Waals surface area contributed by atoms with Crippen LogP contribution < -0.4 is 15.4 Å². The molecule has 27 heavy (non-hydrogen) atoms. The van der Waals surface area contributed by atoms with Crippen LogP contribution in [0.4, 0.5) is 5.69 Å². The minimum Gasteiger partial charge on any atom is -0.496 e. The Labute approximate surface area is 162 Å². The Bertz CT molecular complexity index is 817. The summed E-state index contributed by atoms with van der Waals surface area (Å²) in [5.74, 6) is -0.242. The van der Waals surface area contributed by atoms with Crippen LogP contribution in [0.25, 0.3) is 0 Å². The van der Waals surface area contributed by atoms with Crippen molar-refractivity contribution in [2.45, 2.75) is 18.9 Å². The zero-order valence-corrected chi connectivity index (χ0v) is 15.7.